The number of nitrogen functional groups attached to an aromatic ring is 1. The second-order valence-electron chi connectivity index (χ2n) is 4.35. The molecule has 1 saturated heterocycles. The standard InChI is InChI=1S/C12H19N3O/c1-8(16)11-6-9(2-3-12(11)13)15-10-4-5-14-7-10/h2-3,6,8,10,14-16H,4-5,7,13H2,1H3. The fraction of sp³-hybridized carbons (Fsp3) is 0.500. The monoisotopic (exact) mass is 221 g/mol. The minimum absolute atomic E-state index is 0.477. The van der Waals surface area contributed by atoms with Crippen LogP contribution < -0.4 is 16.4 Å². The molecule has 0 amide bonds. The van der Waals surface area contributed by atoms with E-state index in [-0.39, 0.29) is 0 Å². The Balaban J connectivity index is 2.12. The van der Waals surface area contributed by atoms with Gasteiger partial charge in [0.1, 0.15) is 0 Å². The first-order chi connectivity index (χ1) is 7.66. The van der Waals surface area contributed by atoms with Crippen LogP contribution in [0.2, 0.25) is 0 Å². The summed E-state index contributed by atoms with van der Waals surface area (Å²) in [5, 5.41) is 16.3. The van der Waals surface area contributed by atoms with Crippen LogP contribution in [0.1, 0.15) is 25.0 Å². The van der Waals surface area contributed by atoms with Crippen molar-refractivity contribution in [1.82, 2.24) is 5.32 Å². The Labute approximate surface area is 95.8 Å². The van der Waals surface area contributed by atoms with Gasteiger partial charge in [-0.05, 0) is 38.1 Å². The third kappa shape index (κ3) is 2.46. The third-order valence-corrected chi connectivity index (χ3v) is 2.97. The van der Waals surface area contributed by atoms with E-state index in [9.17, 15) is 5.11 Å². The van der Waals surface area contributed by atoms with Crippen molar-refractivity contribution < 1.29 is 5.11 Å². The summed E-state index contributed by atoms with van der Waals surface area (Å²) in [4.78, 5) is 0. The first-order valence-corrected chi connectivity index (χ1v) is 5.71. The van der Waals surface area contributed by atoms with E-state index in [1.54, 1.807) is 6.92 Å². The van der Waals surface area contributed by atoms with Crippen molar-refractivity contribution in [3.63, 3.8) is 0 Å². The molecule has 0 bridgehead atoms. The fourth-order valence-electron chi connectivity index (χ4n) is 2.04. The van der Waals surface area contributed by atoms with Crippen LogP contribution in [0.25, 0.3) is 0 Å². The molecule has 0 aliphatic carbocycles. The van der Waals surface area contributed by atoms with Gasteiger partial charge in [-0.3, -0.25) is 0 Å². The normalized spacial score (nSPS) is 22.0. The Hall–Kier alpha value is -1.26. The van der Waals surface area contributed by atoms with Crippen molar-refractivity contribution in [2.24, 2.45) is 0 Å². The van der Waals surface area contributed by atoms with E-state index in [0.717, 1.165) is 30.8 Å². The zero-order chi connectivity index (χ0) is 11.5. The highest BCUT2D eigenvalue weighted by Crippen LogP contribution is 2.24. The topological polar surface area (TPSA) is 70.3 Å². The molecular weight excluding hydrogens is 202 g/mol. The van der Waals surface area contributed by atoms with Crippen molar-refractivity contribution in [3.05, 3.63) is 23.8 Å². The Morgan fingerprint density at radius 1 is 1.56 bits per heavy atom. The molecule has 2 unspecified atom stereocenters. The van der Waals surface area contributed by atoms with E-state index in [0.29, 0.717) is 11.7 Å². The lowest BCUT2D eigenvalue weighted by Gasteiger charge is -2.16. The van der Waals surface area contributed by atoms with Crippen LogP contribution in [0.5, 0.6) is 0 Å². The highest BCUT2D eigenvalue weighted by molar-refractivity contribution is 5.58. The van der Waals surface area contributed by atoms with Gasteiger partial charge in [0.2, 0.25) is 0 Å². The summed E-state index contributed by atoms with van der Waals surface area (Å²) in [6, 6.07) is 6.20. The summed E-state index contributed by atoms with van der Waals surface area (Å²) in [6.45, 7) is 3.79. The minimum Gasteiger partial charge on any atom is -0.398 e. The van der Waals surface area contributed by atoms with Gasteiger partial charge in [0, 0.05) is 29.5 Å². The highest BCUT2D eigenvalue weighted by Gasteiger charge is 2.14. The number of nitrogens with one attached hydrogen (secondary N) is 2. The summed E-state index contributed by atoms with van der Waals surface area (Å²) in [5.74, 6) is 0. The predicted octanol–water partition coefficient (Wildman–Crippen LogP) is 1.10. The van der Waals surface area contributed by atoms with Crippen LogP contribution in [-0.2, 0) is 0 Å². The molecule has 1 aromatic rings. The molecule has 4 heteroatoms. The zero-order valence-corrected chi connectivity index (χ0v) is 9.53. The molecule has 0 aromatic heterocycles. The zero-order valence-electron chi connectivity index (χ0n) is 9.53. The van der Waals surface area contributed by atoms with Gasteiger partial charge in [0.05, 0.1) is 6.10 Å². The Kier molecular flexibility index (Phi) is 3.31. The van der Waals surface area contributed by atoms with E-state index in [1.165, 1.54) is 0 Å². The van der Waals surface area contributed by atoms with Crippen molar-refractivity contribution in [1.29, 1.82) is 0 Å². The van der Waals surface area contributed by atoms with Gasteiger partial charge < -0.3 is 21.5 Å². The summed E-state index contributed by atoms with van der Waals surface area (Å²) in [6.07, 6.45) is 0.609. The lowest BCUT2D eigenvalue weighted by Crippen LogP contribution is -2.22. The second kappa shape index (κ2) is 4.72. The first-order valence-electron chi connectivity index (χ1n) is 5.71. The first kappa shape index (κ1) is 11.2. The van der Waals surface area contributed by atoms with Crippen LogP contribution in [0, 0.1) is 0 Å². The number of benzene rings is 1. The van der Waals surface area contributed by atoms with Crippen molar-refractivity contribution >= 4 is 11.4 Å². The minimum atomic E-state index is -0.525. The predicted molar refractivity (Wildman–Crippen MR) is 66.4 cm³/mol. The van der Waals surface area contributed by atoms with E-state index in [4.69, 9.17) is 5.73 Å². The lowest BCUT2D eigenvalue weighted by atomic mass is 10.1. The summed E-state index contributed by atoms with van der Waals surface area (Å²) < 4.78 is 0. The molecule has 1 aromatic carbocycles. The number of aliphatic hydroxyl groups excluding tert-OH is 1. The molecule has 0 spiro atoms. The molecule has 2 atom stereocenters. The molecule has 1 heterocycles. The van der Waals surface area contributed by atoms with Crippen LogP contribution in [0.3, 0.4) is 0 Å². The average Bonchev–Trinajstić information content (AvgIpc) is 2.73. The molecule has 1 aliphatic rings. The maximum atomic E-state index is 9.57. The molecule has 0 radical (unpaired) electrons. The number of hydrogen-bond donors (Lipinski definition) is 4. The number of aliphatic hydroxyl groups is 1. The van der Waals surface area contributed by atoms with Crippen LogP contribution >= 0.6 is 0 Å². The second-order valence-corrected chi connectivity index (χ2v) is 4.35. The summed E-state index contributed by atoms with van der Waals surface area (Å²) >= 11 is 0. The van der Waals surface area contributed by atoms with Gasteiger partial charge >= 0.3 is 0 Å². The van der Waals surface area contributed by atoms with Gasteiger partial charge in [-0.2, -0.15) is 0 Å². The third-order valence-electron chi connectivity index (χ3n) is 2.97. The lowest BCUT2D eigenvalue weighted by molar-refractivity contribution is 0.200. The fourth-order valence-corrected chi connectivity index (χ4v) is 2.04. The summed E-state index contributed by atoms with van der Waals surface area (Å²) in [7, 11) is 0. The number of hydrogen-bond acceptors (Lipinski definition) is 4. The van der Waals surface area contributed by atoms with Gasteiger partial charge in [-0.25, -0.2) is 0 Å². The largest absolute Gasteiger partial charge is 0.398 e. The maximum Gasteiger partial charge on any atom is 0.0782 e. The quantitative estimate of drug-likeness (QED) is 0.577. The molecular formula is C12H19N3O. The van der Waals surface area contributed by atoms with E-state index < -0.39 is 6.10 Å². The Morgan fingerprint density at radius 2 is 2.38 bits per heavy atom. The van der Waals surface area contributed by atoms with Gasteiger partial charge in [0.25, 0.3) is 0 Å². The Bertz CT molecular complexity index is 359. The van der Waals surface area contributed by atoms with Crippen LogP contribution in [0.15, 0.2) is 18.2 Å². The van der Waals surface area contributed by atoms with E-state index in [1.807, 2.05) is 18.2 Å². The van der Waals surface area contributed by atoms with Gasteiger partial charge in [-0.15, -0.1) is 0 Å². The van der Waals surface area contributed by atoms with Crippen LogP contribution in [-0.4, -0.2) is 24.2 Å². The molecule has 0 saturated carbocycles. The summed E-state index contributed by atoms with van der Waals surface area (Å²) in [5.41, 5.74) is 8.26. The van der Waals surface area contributed by atoms with Gasteiger partial charge in [-0.1, -0.05) is 0 Å². The average molecular weight is 221 g/mol. The molecule has 2 rings (SSSR count). The Morgan fingerprint density at radius 3 is 3.00 bits per heavy atom. The van der Waals surface area contributed by atoms with E-state index in [2.05, 4.69) is 10.6 Å². The van der Waals surface area contributed by atoms with Crippen molar-refractivity contribution in [2.45, 2.75) is 25.5 Å². The molecule has 16 heavy (non-hydrogen) atoms. The molecule has 1 fully saturated rings. The van der Waals surface area contributed by atoms with Crippen molar-refractivity contribution in [3.8, 4) is 0 Å². The molecule has 5 N–H and O–H groups in total. The SMILES string of the molecule is CC(O)c1cc(NC2CCNC2)ccc1N. The van der Waals surface area contributed by atoms with Crippen molar-refractivity contribution in [2.75, 3.05) is 24.1 Å². The van der Waals surface area contributed by atoms with E-state index >= 15 is 0 Å². The van der Waals surface area contributed by atoms with Crippen LogP contribution in [0.4, 0.5) is 11.4 Å². The number of rotatable bonds is 3. The maximum absolute atomic E-state index is 9.57. The molecule has 4 nitrogen and oxygen atoms in total. The molecule has 88 valence electrons. The smallest absolute Gasteiger partial charge is 0.0782 e. The van der Waals surface area contributed by atoms with Gasteiger partial charge in [0.15, 0.2) is 0 Å². The highest BCUT2D eigenvalue weighted by atomic mass is 16.3. The molecule has 1 aliphatic heterocycles. The number of nitrogens with two attached hydrogens (primary N) is 1. The number of anilines is 2.